The molecule has 0 radical (unpaired) electrons. The van der Waals surface area contributed by atoms with E-state index in [0.717, 1.165) is 6.42 Å². The summed E-state index contributed by atoms with van der Waals surface area (Å²) in [5.41, 5.74) is 1.33. The van der Waals surface area contributed by atoms with E-state index >= 15 is 0 Å². The van der Waals surface area contributed by atoms with Crippen LogP contribution in [-0.4, -0.2) is 31.8 Å². The van der Waals surface area contributed by atoms with Crippen molar-refractivity contribution in [3.63, 3.8) is 0 Å². The Morgan fingerprint density at radius 3 is 2.34 bits per heavy atom. The second-order valence-electron chi connectivity index (χ2n) is 7.64. The number of ether oxygens (including phenoxy) is 1. The van der Waals surface area contributed by atoms with Gasteiger partial charge in [-0.1, -0.05) is 32.0 Å². The van der Waals surface area contributed by atoms with Gasteiger partial charge in [-0.05, 0) is 48.6 Å². The van der Waals surface area contributed by atoms with Crippen molar-refractivity contribution in [2.24, 2.45) is 11.8 Å². The summed E-state index contributed by atoms with van der Waals surface area (Å²) in [5, 5.41) is 9.10. The molecule has 152 valence electrons. The molecule has 2 aromatic rings. The maximum absolute atomic E-state index is 12.9. The van der Waals surface area contributed by atoms with Crippen molar-refractivity contribution in [2.45, 2.75) is 31.8 Å². The summed E-state index contributed by atoms with van der Waals surface area (Å²) >= 11 is 0. The number of piperidine rings is 1. The van der Waals surface area contributed by atoms with Crippen LogP contribution in [0.15, 0.2) is 53.4 Å². The minimum Gasteiger partial charge on any atom is -0.457 e. The molecule has 0 saturated carbocycles. The molecule has 1 aliphatic rings. The molecule has 1 saturated heterocycles. The number of rotatable bonds is 5. The van der Waals surface area contributed by atoms with Gasteiger partial charge in [-0.15, -0.1) is 0 Å². The number of carbonyl (C=O) groups is 1. The minimum absolute atomic E-state index is 0.0217. The molecule has 1 heterocycles. The Balaban J connectivity index is 1.69. The van der Waals surface area contributed by atoms with Crippen LogP contribution < -0.4 is 0 Å². The molecule has 29 heavy (non-hydrogen) atoms. The van der Waals surface area contributed by atoms with Gasteiger partial charge in [0.05, 0.1) is 22.1 Å². The van der Waals surface area contributed by atoms with Crippen LogP contribution in [-0.2, 0) is 21.4 Å². The zero-order chi connectivity index (χ0) is 21.0. The van der Waals surface area contributed by atoms with Crippen molar-refractivity contribution in [1.29, 1.82) is 5.26 Å². The molecule has 3 rings (SSSR count). The summed E-state index contributed by atoms with van der Waals surface area (Å²) in [6, 6.07) is 14.8. The molecule has 0 spiro atoms. The number of benzene rings is 2. The van der Waals surface area contributed by atoms with Crippen LogP contribution in [0.3, 0.4) is 0 Å². The van der Waals surface area contributed by atoms with E-state index in [1.807, 2.05) is 0 Å². The van der Waals surface area contributed by atoms with E-state index in [4.69, 9.17) is 10.00 Å². The van der Waals surface area contributed by atoms with Gasteiger partial charge in [-0.25, -0.2) is 13.2 Å². The predicted octanol–water partition coefficient (Wildman–Crippen LogP) is 3.58. The van der Waals surface area contributed by atoms with Gasteiger partial charge in [0.15, 0.2) is 0 Å². The fraction of sp³-hybridized carbons (Fsp3) is 0.364. The lowest BCUT2D eigenvalue weighted by Gasteiger charge is -2.34. The number of hydrogen-bond donors (Lipinski definition) is 0. The molecular formula is C22H24N2O4S. The molecule has 0 amide bonds. The van der Waals surface area contributed by atoms with Crippen molar-refractivity contribution >= 4 is 16.0 Å². The van der Waals surface area contributed by atoms with E-state index in [0.29, 0.717) is 36.1 Å². The number of sulfonamides is 1. The smallest absolute Gasteiger partial charge is 0.338 e. The standard InChI is InChI=1S/C22H24N2O4S/c1-16-11-17(2)14-24(13-16)29(26,27)21-9-7-18(8-10-21)22(25)28-15-20-6-4-3-5-19(20)12-23/h3-10,16-17H,11,13-15H2,1-2H3/t16-,17+. The maximum atomic E-state index is 12.9. The number of nitriles is 1. The zero-order valence-electron chi connectivity index (χ0n) is 16.5. The second kappa shape index (κ2) is 8.76. The number of hydrogen-bond acceptors (Lipinski definition) is 5. The minimum atomic E-state index is -3.59. The lowest BCUT2D eigenvalue weighted by molar-refractivity contribution is 0.0472. The van der Waals surface area contributed by atoms with Crippen LogP contribution in [0.25, 0.3) is 0 Å². The summed E-state index contributed by atoms with van der Waals surface area (Å²) < 4.78 is 32.6. The highest BCUT2D eigenvalue weighted by molar-refractivity contribution is 7.89. The van der Waals surface area contributed by atoms with E-state index in [1.54, 1.807) is 24.3 Å². The molecule has 0 unspecified atom stereocenters. The molecule has 2 aromatic carbocycles. The van der Waals surface area contributed by atoms with Gasteiger partial charge in [-0.2, -0.15) is 9.57 Å². The summed E-state index contributed by atoms with van der Waals surface area (Å²) in [7, 11) is -3.59. The van der Waals surface area contributed by atoms with E-state index in [9.17, 15) is 13.2 Å². The fourth-order valence-electron chi connectivity index (χ4n) is 3.70. The second-order valence-corrected chi connectivity index (χ2v) is 9.58. The van der Waals surface area contributed by atoms with Gasteiger partial charge >= 0.3 is 5.97 Å². The van der Waals surface area contributed by atoms with E-state index in [2.05, 4.69) is 19.9 Å². The first-order chi connectivity index (χ1) is 13.8. The Kier molecular flexibility index (Phi) is 6.36. The highest BCUT2D eigenvalue weighted by atomic mass is 32.2. The van der Waals surface area contributed by atoms with Gasteiger partial charge in [0.1, 0.15) is 6.61 Å². The lowest BCUT2D eigenvalue weighted by Crippen LogP contribution is -2.42. The molecule has 7 heteroatoms. The molecule has 1 aliphatic heterocycles. The average molecular weight is 413 g/mol. The summed E-state index contributed by atoms with van der Waals surface area (Å²) in [5.74, 6) is 0.0695. The SMILES string of the molecule is C[C@@H]1C[C@H](C)CN(S(=O)(=O)c2ccc(C(=O)OCc3ccccc3C#N)cc2)C1. The van der Waals surface area contributed by atoms with Crippen LogP contribution in [0.1, 0.15) is 41.8 Å². The largest absolute Gasteiger partial charge is 0.457 e. The average Bonchev–Trinajstić information content (AvgIpc) is 2.71. The first-order valence-corrected chi connectivity index (χ1v) is 11.0. The molecule has 0 bridgehead atoms. The number of nitrogens with zero attached hydrogens (tertiary/aromatic N) is 2. The molecule has 1 fully saturated rings. The normalized spacial score (nSPS) is 20.0. The van der Waals surface area contributed by atoms with E-state index in [1.165, 1.54) is 28.6 Å². The first-order valence-electron chi connectivity index (χ1n) is 9.56. The highest BCUT2D eigenvalue weighted by Crippen LogP contribution is 2.26. The lowest BCUT2D eigenvalue weighted by atomic mass is 9.94. The monoisotopic (exact) mass is 412 g/mol. The molecule has 0 aromatic heterocycles. The third kappa shape index (κ3) is 4.84. The van der Waals surface area contributed by atoms with Crippen LogP contribution in [0.2, 0.25) is 0 Å². The Morgan fingerprint density at radius 1 is 1.10 bits per heavy atom. The molecule has 0 aliphatic carbocycles. The van der Waals surface area contributed by atoms with Gasteiger partial charge < -0.3 is 4.74 Å². The van der Waals surface area contributed by atoms with Crippen molar-refractivity contribution < 1.29 is 17.9 Å². The maximum Gasteiger partial charge on any atom is 0.338 e. The van der Waals surface area contributed by atoms with Crippen molar-refractivity contribution in [3.8, 4) is 6.07 Å². The topological polar surface area (TPSA) is 87.5 Å². The third-order valence-corrected chi connectivity index (χ3v) is 6.91. The van der Waals surface area contributed by atoms with Crippen molar-refractivity contribution in [1.82, 2.24) is 4.31 Å². The first kappa shape index (κ1) is 21.0. The van der Waals surface area contributed by atoms with Gasteiger partial charge in [0.2, 0.25) is 10.0 Å². The highest BCUT2D eigenvalue weighted by Gasteiger charge is 2.31. The fourth-order valence-corrected chi connectivity index (χ4v) is 5.38. The molecular weight excluding hydrogens is 388 g/mol. The molecule has 0 N–H and O–H groups in total. The summed E-state index contributed by atoms with van der Waals surface area (Å²) in [4.78, 5) is 12.5. The van der Waals surface area contributed by atoms with Gasteiger partial charge in [0.25, 0.3) is 0 Å². The summed E-state index contributed by atoms with van der Waals surface area (Å²) in [6.07, 6.45) is 1.02. The van der Waals surface area contributed by atoms with Gasteiger partial charge in [0, 0.05) is 18.7 Å². The van der Waals surface area contributed by atoms with E-state index < -0.39 is 16.0 Å². The van der Waals surface area contributed by atoms with Crippen LogP contribution in [0.4, 0.5) is 0 Å². The molecule has 6 nitrogen and oxygen atoms in total. The number of esters is 1. The quantitative estimate of drug-likeness (QED) is 0.701. The van der Waals surface area contributed by atoms with Gasteiger partial charge in [-0.3, -0.25) is 0 Å². The predicted molar refractivity (Wildman–Crippen MR) is 108 cm³/mol. The van der Waals surface area contributed by atoms with Crippen molar-refractivity contribution in [3.05, 3.63) is 65.2 Å². The van der Waals surface area contributed by atoms with Crippen LogP contribution >= 0.6 is 0 Å². The third-order valence-electron chi connectivity index (χ3n) is 5.06. The Hall–Kier alpha value is -2.69. The Morgan fingerprint density at radius 2 is 1.72 bits per heavy atom. The Labute approximate surface area is 171 Å². The zero-order valence-corrected chi connectivity index (χ0v) is 17.4. The number of carbonyl (C=O) groups excluding carboxylic acids is 1. The van der Waals surface area contributed by atoms with E-state index in [-0.39, 0.29) is 17.1 Å². The Bertz CT molecular complexity index is 1020. The van der Waals surface area contributed by atoms with Crippen molar-refractivity contribution in [2.75, 3.05) is 13.1 Å². The summed E-state index contributed by atoms with van der Waals surface area (Å²) in [6.45, 7) is 5.11. The van der Waals surface area contributed by atoms with Crippen LogP contribution in [0.5, 0.6) is 0 Å². The van der Waals surface area contributed by atoms with Crippen LogP contribution in [0, 0.1) is 23.2 Å². The molecule has 2 atom stereocenters.